The van der Waals surface area contributed by atoms with Gasteiger partial charge in [-0.15, -0.1) is 0 Å². The van der Waals surface area contributed by atoms with Gasteiger partial charge in [-0.2, -0.15) is 4.98 Å². The van der Waals surface area contributed by atoms with Crippen LogP contribution in [0.15, 0.2) is 4.52 Å². The van der Waals surface area contributed by atoms with E-state index in [1.807, 2.05) is 0 Å². The third-order valence-electron chi connectivity index (χ3n) is 3.90. The van der Waals surface area contributed by atoms with Crippen molar-refractivity contribution in [1.29, 1.82) is 0 Å². The van der Waals surface area contributed by atoms with Crippen LogP contribution in [0.1, 0.15) is 63.6 Å². The Morgan fingerprint density at radius 1 is 1.32 bits per heavy atom. The predicted octanol–water partition coefficient (Wildman–Crippen LogP) is 2.46. The molecule has 2 heterocycles. The van der Waals surface area contributed by atoms with E-state index in [0.29, 0.717) is 12.0 Å². The molecule has 108 valence electrons. The summed E-state index contributed by atoms with van der Waals surface area (Å²) in [7, 11) is 0. The standard InChI is InChI=1S/C14H25N3O2/c1-4-7-15-11(3)10(2)14-16-13(17-19-14)12-5-8-18-9-6-12/h10-12,15H,4-9H2,1-3H3. The zero-order valence-electron chi connectivity index (χ0n) is 12.2. The average Bonchev–Trinajstić information content (AvgIpc) is 2.94. The number of aromatic nitrogens is 2. The van der Waals surface area contributed by atoms with E-state index in [-0.39, 0.29) is 5.92 Å². The smallest absolute Gasteiger partial charge is 0.231 e. The summed E-state index contributed by atoms with van der Waals surface area (Å²) in [6.07, 6.45) is 3.13. The van der Waals surface area contributed by atoms with Crippen molar-refractivity contribution in [3.63, 3.8) is 0 Å². The Morgan fingerprint density at radius 2 is 2.05 bits per heavy atom. The molecule has 2 unspecified atom stereocenters. The largest absolute Gasteiger partial charge is 0.381 e. The molecule has 0 aliphatic carbocycles. The van der Waals surface area contributed by atoms with Crippen molar-refractivity contribution in [1.82, 2.24) is 15.5 Å². The molecule has 5 nitrogen and oxygen atoms in total. The Hall–Kier alpha value is -0.940. The van der Waals surface area contributed by atoms with E-state index in [0.717, 1.165) is 50.7 Å². The Labute approximate surface area is 115 Å². The van der Waals surface area contributed by atoms with E-state index in [2.05, 4.69) is 36.2 Å². The van der Waals surface area contributed by atoms with Crippen LogP contribution in [0.3, 0.4) is 0 Å². The van der Waals surface area contributed by atoms with Crippen LogP contribution in [0.5, 0.6) is 0 Å². The first-order valence-corrected chi connectivity index (χ1v) is 7.37. The number of rotatable bonds is 6. The van der Waals surface area contributed by atoms with Crippen molar-refractivity contribution in [2.75, 3.05) is 19.8 Å². The lowest BCUT2D eigenvalue weighted by Gasteiger charge is -2.19. The maximum Gasteiger partial charge on any atom is 0.231 e. The van der Waals surface area contributed by atoms with Gasteiger partial charge in [0.25, 0.3) is 0 Å². The molecule has 1 saturated heterocycles. The van der Waals surface area contributed by atoms with Crippen LogP contribution in [0, 0.1) is 0 Å². The molecule has 0 bridgehead atoms. The van der Waals surface area contributed by atoms with E-state index >= 15 is 0 Å². The Kier molecular flexibility index (Phi) is 5.34. The van der Waals surface area contributed by atoms with Gasteiger partial charge in [0.1, 0.15) is 0 Å². The fraction of sp³-hybridized carbons (Fsp3) is 0.857. The van der Waals surface area contributed by atoms with E-state index in [4.69, 9.17) is 9.26 Å². The van der Waals surface area contributed by atoms with Crippen LogP contribution in [-0.4, -0.2) is 35.9 Å². The highest BCUT2D eigenvalue weighted by molar-refractivity contribution is 5.01. The molecule has 0 saturated carbocycles. The van der Waals surface area contributed by atoms with Crippen LogP contribution in [0.4, 0.5) is 0 Å². The molecule has 1 aromatic rings. The second kappa shape index (κ2) is 7.01. The first kappa shape index (κ1) is 14.5. The summed E-state index contributed by atoms with van der Waals surface area (Å²) in [5, 5.41) is 7.63. The quantitative estimate of drug-likeness (QED) is 0.858. The second-order valence-corrected chi connectivity index (χ2v) is 5.41. The average molecular weight is 267 g/mol. The van der Waals surface area contributed by atoms with Crippen LogP contribution < -0.4 is 5.32 Å². The van der Waals surface area contributed by atoms with Crippen molar-refractivity contribution in [3.05, 3.63) is 11.7 Å². The van der Waals surface area contributed by atoms with Gasteiger partial charge in [0.05, 0.1) is 5.92 Å². The van der Waals surface area contributed by atoms with E-state index < -0.39 is 0 Å². The summed E-state index contributed by atoms with van der Waals surface area (Å²) in [5.74, 6) is 2.25. The fourth-order valence-electron chi connectivity index (χ4n) is 2.32. The molecule has 0 radical (unpaired) electrons. The number of hydrogen-bond donors (Lipinski definition) is 1. The predicted molar refractivity (Wildman–Crippen MR) is 73.3 cm³/mol. The fourth-order valence-corrected chi connectivity index (χ4v) is 2.32. The van der Waals surface area contributed by atoms with Gasteiger partial charge >= 0.3 is 0 Å². The highest BCUT2D eigenvalue weighted by Crippen LogP contribution is 2.26. The van der Waals surface area contributed by atoms with Gasteiger partial charge in [0.2, 0.25) is 5.89 Å². The van der Waals surface area contributed by atoms with Gasteiger partial charge < -0.3 is 14.6 Å². The maximum absolute atomic E-state index is 5.44. The molecule has 2 atom stereocenters. The molecular formula is C14H25N3O2. The number of nitrogens with one attached hydrogen (secondary N) is 1. The molecule has 1 fully saturated rings. The topological polar surface area (TPSA) is 60.2 Å². The highest BCUT2D eigenvalue weighted by atomic mass is 16.5. The van der Waals surface area contributed by atoms with E-state index in [1.54, 1.807) is 0 Å². The van der Waals surface area contributed by atoms with Crippen molar-refractivity contribution < 1.29 is 9.26 Å². The van der Waals surface area contributed by atoms with E-state index in [1.165, 1.54) is 0 Å². The minimum Gasteiger partial charge on any atom is -0.381 e. The number of hydrogen-bond acceptors (Lipinski definition) is 5. The zero-order valence-corrected chi connectivity index (χ0v) is 12.2. The van der Waals surface area contributed by atoms with Gasteiger partial charge in [-0.25, -0.2) is 0 Å². The Morgan fingerprint density at radius 3 is 2.74 bits per heavy atom. The van der Waals surface area contributed by atoms with Crippen LogP contribution in [0.25, 0.3) is 0 Å². The van der Waals surface area contributed by atoms with E-state index in [9.17, 15) is 0 Å². The summed E-state index contributed by atoms with van der Waals surface area (Å²) < 4.78 is 10.8. The summed E-state index contributed by atoms with van der Waals surface area (Å²) >= 11 is 0. The Bertz CT molecular complexity index is 375. The third-order valence-corrected chi connectivity index (χ3v) is 3.90. The lowest BCUT2D eigenvalue weighted by atomic mass is 9.99. The van der Waals surface area contributed by atoms with Crippen LogP contribution >= 0.6 is 0 Å². The van der Waals surface area contributed by atoms with Crippen LogP contribution in [-0.2, 0) is 4.74 Å². The minimum absolute atomic E-state index is 0.243. The lowest BCUT2D eigenvalue weighted by Crippen LogP contribution is -2.31. The molecule has 1 N–H and O–H groups in total. The summed E-state index contributed by atoms with van der Waals surface area (Å²) in [4.78, 5) is 4.59. The summed E-state index contributed by atoms with van der Waals surface area (Å²) in [6, 6.07) is 0.350. The zero-order chi connectivity index (χ0) is 13.7. The molecule has 19 heavy (non-hydrogen) atoms. The third kappa shape index (κ3) is 3.76. The van der Waals surface area contributed by atoms with Gasteiger partial charge in [0.15, 0.2) is 5.82 Å². The SMILES string of the molecule is CCCNC(C)C(C)c1nc(C2CCOCC2)no1. The first-order chi connectivity index (χ1) is 9.22. The molecule has 0 spiro atoms. The van der Waals surface area contributed by atoms with Gasteiger partial charge in [-0.3, -0.25) is 0 Å². The van der Waals surface area contributed by atoms with Crippen molar-refractivity contribution in [2.45, 2.75) is 57.9 Å². The van der Waals surface area contributed by atoms with Crippen molar-refractivity contribution in [3.8, 4) is 0 Å². The van der Waals surface area contributed by atoms with Gasteiger partial charge in [0, 0.05) is 25.2 Å². The minimum atomic E-state index is 0.243. The molecular weight excluding hydrogens is 242 g/mol. The monoisotopic (exact) mass is 267 g/mol. The number of ether oxygens (including phenoxy) is 1. The molecule has 1 aliphatic rings. The number of nitrogens with zero attached hydrogens (tertiary/aromatic N) is 2. The second-order valence-electron chi connectivity index (χ2n) is 5.41. The highest BCUT2D eigenvalue weighted by Gasteiger charge is 2.25. The van der Waals surface area contributed by atoms with Crippen molar-refractivity contribution in [2.24, 2.45) is 0 Å². The molecule has 0 aromatic carbocycles. The molecule has 1 aromatic heterocycles. The summed E-state index contributed by atoms with van der Waals surface area (Å²) in [5.41, 5.74) is 0. The molecule has 2 rings (SSSR count). The summed E-state index contributed by atoms with van der Waals surface area (Å²) in [6.45, 7) is 9.09. The van der Waals surface area contributed by atoms with Crippen LogP contribution in [0.2, 0.25) is 0 Å². The van der Waals surface area contributed by atoms with Gasteiger partial charge in [-0.1, -0.05) is 19.0 Å². The molecule has 5 heteroatoms. The first-order valence-electron chi connectivity index (χ1n) is 7.37. The maximum atomic E-state index is 5.44. The normalized spacial score (nSPS) is 20.4. The van der Waals surface area contributed by atoms with Gasteiger partial charge in [-0.05, 0) is 32.7 Å². The molecule has 0 amide bonds. The lowest BCUT2D eigenvalue weighted by molar-refractivity contribution is 0.0830. The van der Waals surface area contributed by atoms with Crippen molar-refractivity contribution >= 4 is 0 Å². The Balaban J connectivity index is 1.95. The molecule has 1 aliphatic heterocycles.